The molecule has 1 heterocycles. The highest BCUT2D eigenvalue weighted by Gasteiger charge is 2.29. The molecular weight excluding hydrogens is 264 g/mol. The number of thiophene rings is 1. The Kier molecular flexibility index (Phi) is 4.51. The lowest BCUT2D eigenvalue weighted by molar-refractivity contribution is 0.385. The molecule has 1 aromatic carbocycles. The molecule has 1 aromatic heterocycles. The zero-order valence-corrected chi connectivity index (χ0v) is 12.5. The summed E-state index contributed by atoms with van der Waals surface area (Å²) in [6.07, 6.45) is 3.81. The second kappa shape index (κ2) is 6.53. The normalized spacial score (nSPS) is 23.9. The van der Waals surface area contributed by atoms with Crippen LogP contribution in [0.25, 0.3) is 0 Å². The molecule has 2 aromatic rings. The molecule has 1 aliphatic carbocycles. The first-order valence-corrected chi connectivity index (χ1v) is 8.31. The van der Waals surface area contributed by atoms with Crippen LogP contribution >= 0.6 is 11.3 Å². The van der Waals surface area contributed by atoms with E-state index in [0.717, 1.165) is 6.54 Å². The summed E-state index contributed by atoms with van der Waals surface area (Å²) in [5, 5.41) is 6.02. The van der Waals surface area contributed by atoms with E-state index in [9.17, 15) is 0 Å². The third kappa shape index (κ3) is 2.95. The highest BCUT2D eigenvalue weighted by Crippen LogP contribution is 2.31. The summed E-state index contributed by atoms with van der Waals surface area (Å²) in [5.41, 5.74) is 7.26. The zero-order chi connectivity index (χ0) is 13.8. The first-order valence-electron chi connectivity index (χ1n) is 7.43. The Morgan fingerprint density at radius 1 is 1.15 bits per heavy atom. The second-order valence-electron chi connectivity index (χ2n) is 5.56. The molecule has 20 heavy (non-hydrogen) atoms. The van der Waals surface area contributed by atoms with Gasteiger partial charge in [0, 0.05) is 10.9 Å². The average molecular weight is 286 g/mol. The summed E-state index contributed by atoms with van der Waals surface area (Å²) in [4.78, 5) is 1.39. The van der Waals surface area contributed by atoms with Crippen molar-refractivity contribution in [1.82, 2.24) is 5.32 Å². The van der Waals surface area contributed by atoms with Gasteiger partial charge in [-0.1, -0.05) is 42.8 Å². The Labute approximate surface area is 125 Å². The van der Waals surface area contributed by atoms with Crippen LogP contribution in [-0.4, -0.2) is 12.6 Å². The van der Waals surface area contributed by atoms with Gasteiger partial charge in [-0.2, -0.15) is 0 Å². The standard InChI is InChI=1S/C17H22N2S/c18-12-14-8-4-9-15(14)19-17(16-10-5-11-20-16)13-6-2-1-3-7-13/h1-3,5-7,10-11,14-15,17,19H,4,8-9,12,18H2. The SMILES string of the molecule is NCC1CCCC1NC(c1ccccc1)c1cccs1. The van der Waals surface area contributed by atoms with Gasteiger partial charge in [0.25, 0.3) is 0 Å². The number of benzene rings is 1. The molecule has 106 valence electrons. The van der Waals surface area contributed by atoms with Crippen molar-refractivity contribution in [2.24, 2.45) is 11.7 Å². The minimum atomic E-state index is 0.299. The lowest BCUT2D eigenvalue weighted by atomic mass is 9.99. The van der Waals surface area contributed by atoms with Crippen molar-refractivity contribution in [2.45, 2.75) is 31.3 Å². The number of nitrogens with two attached hydrogens (primary N) is 1. The molecule has 2 nitrogen and oxygen atoms in total. The van der Waals surface area contributed by atoms with E-state index in [1.165, 1.54) is 29.7 Å². The largest absolute Gasteiger partial charge is 0.330 e. The minimum Gasteiger partial charge on any atom is -0.330 e. The van der Waals surface area contributed by atoms with Crippen LogP contribution in [0.15, 0.2) is 47.8 Å². The van der Waals surface area contributed by atoms with Crippen LogP contribution < -0.4 is 11.1 Å². The van der Waals surface area contributed by atoms with Crippen LogP contribution in [0.1, 0.15) is 35.7 Å². The number of hydrogen-bond donors (Lipinski definition) is 2. The topological polar surface area (TPSA) is 38.0 Å². The summed E-state index contributed by atoms with van der Waals surface area (Å²) in [6, 6.07) is 15.9. The molecule has 3 atom stereocenters. The van der Waals surface area contributed by atoms with Crippen molar-refractivity contribution < 1.29 is 0 Å². The fourth-order valence-corrected chi connectivity index (χ4v) is 4.01. The Hall–Kier alpha value is -1.16. The van der Waals surface area contributed by atoms with E-state index in [-0.39, 0.29) is 0 Å². The number of rotatable bonds is 5. The smallest absolute Gasteiger partial charge is 0.0673 e. The maximum Gasteiger partial charge on any atom is 0.0673 e. The van der Waals surface area contributed by atoms with Crippen molar-refractivity contribution in [2.75, 3.05) is 6.54 Å². The predicted molar refractivity (Wildman–Crippen MR) is 85.9 cm³/mol. The monoisotopic (exact) mass is 286 g/mol. The van der Waals surface area contributed by atoms with Crippen LogP contribution in [0.5, 0.6) is 0 Å². The summed E-state index contributed by atoms with van der Waals surface area (Å²) >= 11 is 1.82. The van der Waals surface area contributed by atoms with E-state index in [1.807, 2.05) is 11.3 Å². The Morgan fingerprint density at radius 3 is 2.70 bits per heavy atom. The average Bonchev–Trinajstić information content (AvgIpc) is 3.16. The molecule has 0 amide bonds. The van der Waals surface area contributed by atoms with E-state index >= 15 is 0 Å². The van der Waals surface area contributed by atoms with E-state index in [1.54, 1.807) is 0 Å². The van der Waals surface area contributed by atoms with Gasteiger partial charge in [-0.05, 0) is 42.3 Å². The number of nitrogens with one attached hydrogen (secondary N) is 1. The molecule has 3 heteroatoms. The quantitative estimate of drug-likeness (QED) is 0.882. The highest BCUT2D eigenvalue weighted by molar-refractivity contribution is 7.10. The van der Waals surface area contributed by atoms with Crippen molar-refractivity contribution >= 4 is 11.3 Å². The van der Waals surface area contributed by atoms with Gasteiger partial charge in [0.1, 0.15) is 0 Å². The van der Waals surface area contributed by atoms with Crippen LogP contribution in [0.4, 0.5) is 0 Å². The lowest BCUT2D eigenvalue weighted by Gasteiger charge is -2.26. The Balaban J connectivity index is 1.83. The van der Waals surface area contributed by atoms with Gasteiger partial charge >= 0.3 is 0 Å². The second-order valence-corrected chi connectivity index (χ2v) is 6.54. The van der Waals surface area contributed by atoms with Crippen molar-refractivity contribution in [3.8, 4) is 0 Å². The summed E-state index contributed by atoms with van der Waals surface area (Å²) in [5.74, 6) is 0.626. The summed E-state index contributed by atoms with van der Waals surface area (Å²) in [6.45, 7) is 0.795. The highest BCUT2D eigenvalue weighted by atomic mass is 32.1. The van der Waals surface area contributed by atoms with E-state index < -0.39 is 0 Å². The van der Waals surface area contributed by atoms with Gasteiger partial charge in [-0.25, -0.2) is 0 Å². The minimum absolute atomic E-state index is 0.299. The molecule has 3 unspecified atom stereocenters. The Morgan fingerprint density at radius 2 is 2.00 bits per heavy atom. The van der Waals surface area contributed by atoms with Gasteiger partial charge in [0.05, 0.1) is 6.04 Å². The van der Waals surface area contributed by atoms with Crippen LogP contribution in [0, 0.1) is 5.92 Å². The van der Waals surface area contributed by atoms with Gasteiger partial charge < -0.3 is 11.1 Å². The fourth-order valence-electron chi connectivity index (χ4n) is 3.20. The third-order valence-electron chi connectivity index (χ3n) is 4.30. The van der Waals surface area contributed by atoms with Crippen LogP contribution in [-0.2, 0) is 0 Å². The van der Waals surface area contributed by atoms with Crippen molar-refractivity contribution in [3.05, 3.63) is 58.3 Å². The maximum absolute atomic E-state index is 5.92. The molecule has 0 bridgehead atoms. The number of hydrogen-bond acceptors (Lipinski definition) is 3. The molecule has 1 aliphatic rings. The predicted octanol–water partition coefficient (Wildman–Crippen LogP) is 3.55. The van der Waals surface area contributed by atoms with Gasteiger partial charge in [0.15, 0.2) is 0 Å². The van der Waals surface area contributed by atoms with Crippen molar-refractivity contribution in [3.63, 3.8) is 0 Å². The van der Waals surface area contributed by atoms with Gasteiger partial charge in [-0.3, -0.25) is 0 Å². The third-order valence-corrected chi connectivity index (χ3v) is 5.24. The molecule has 0 saturated heterocycles. The van der Waals surface area contributed by atoms with Crippen LogP contribution in [0.2, 0.25) is 0 Å². The van der Waals surface area contributed by atoms with Crippen molar-refractivity contribution in [1.29, 1.82) is 0 Å². The van der Waals surface area contributed by atoms with Gasteiger partial charge in [0.2, 0.25) is 0 Å². The molecule has 0 radical (unpaired) electrons. The van der Waals surface area contributed by atoms with E-state index in [2.05, 4.69) is 53.2 Å². The molecule has 3 rings (SSSR count). The molecule has 1 fully saturated rings. The first kappa shape index (κ1) is 13.8. The molecular formula is C17H22N2S. The molecule has 0 spiro atoms. The van der Waals surface area contributed by atoms with Crippen LogP contribution in [0.3, 0.4) is 0 Å². The molecule has 0 aliphatic heterocycles. The lowest BCUT2D eigenvalue weighted by Crippen LogP contribution is -2.38. The summed E-state index contributed by atoms with van der Waals surface area (Å²) < 4.78 is 0. The summed E-state index contributed by atoms with van der Waals surface area (Å²) in [7, 11) is 0. The Bertz CT molecular complexity index is 509. The van der Waals surface area contributed by atoms with E-state index in [0.29, 0.717) is 18.0 Å². The maximum atomic E-state index is 5.92. The van der Waals surface area contributed by atoms with Gasteiger partial charge in [-0.15, -0.1) is 11.3 Å². The first-order chi connectivity index (χ1) is 9.88. The fraction of sp³-hybridized carbons (Fsp3) is 0.412. The molecule has 3 N–H and O–H groups in total. The zero-order valence-electron chi connectivity index (χ0n) is 11.7. The van der Waals surface area contributed by atoms with E-state index in [4.69, 9.17) is 5.73 Å². The molecule has 1 saturated carbocycles.